The molecule has 0 saturated heterocycles. The molecule has 1 heterocycles. The Labute approximate surface area is 108 Å². The number of rotatable bonds is 6. The predicted octanol–water partition coefficient (Wildman–Crippen LogP) is 0.886. The Morgan fingerprint density at radius 2 is 2.06 bits per heavy atom. The van der Waals surface area contributed by atoms with E-state index in [1.807, 2.05) is 25.1 Å². The molecular formula is C14H21NO3. The minimum atomic E-state index is -0.586. The largest absolute Gasteiger partial charge is 0.493 e. The van der Waals surface area contributed by atoms with E-state index in [0.29, 0.717) is 19.6 Å². The summed E-state index contributed by atoms with van der Waals surface area (Å²) in [6, 6.07) is 8.01. The van der Waals surface area contributed by atoms with Gasteiger partial charge in [0.25, 0.3) is 0 Å². The van der Waals surface area contributed by atoms with Crippen molar-refractivity contribution in [1.29, 1.82) is 0 Å². The molecule has 0 amide bonds. The van der Waals surface area contributed by atoms with Crippen molar-refractivity contribution in [3.05, 3.63) is 29.8 Å². The number of aliphatic hydroxyl groups is 2. The van der Waals surface area contributed by atoms with E-state index in [4.69, 9.17) is 4.74 Å². The first-order valence-electron chi connectivity index (χ1n) is 6.43. The number of hydrogen-bond donors (Lipinski definition) is 3. The second kappa shape index (κ2) is 5.69. The Bertz CT molecular complexity index is 382. The van der Waals surface area contributed by atoms with Crippen LogP contribution in [0.4, 0.5) is 0 Å². The summed E-state index contributed by atoms with van der Waals surface area (Å²) in [4.78, 5) is 0. The third-order valence-electron chi connectivity index (χ3n) is 3.80. The van der Waals surface area contributed by atoms with Gasteiger partial charge in [-0.05, 0) is 12.5 Å². The van der Waals surface area contributed by atoms with Crippen LogP contribution in [0, 0.1) is 0 Å². The van der Waals surface area contributed by atoms with Crippen LogP contribution in [-0.4, -0.2) is 42.1 Å². The summed E-state index contributed by atoms with van der Waals surface area (Å²) in [6.45, 7) is 3.19. The molecule has 1 atom stereocenters. The zero-order valence-electron chi connectivity index (χ0n) is 10.7. The fraction of sp³-hybridized carbons (Fsp3) is 0.571. The van der Waals surface area contributed by atoms with E-state index in [9.17, 15) is 10.2 Å². The molecule has 3 N–H and O–H groups in total. The minimum Gasteiger partial charge on any atom is -0.493 e. The average molecular weight is 251 g/mol. The Morgan fingerprint density at radius 1 is 1.33 bits per heavy atom. The molecule has 0 aliphatic carbocycles. The highest BCUT2D eigenvalue weighted by atomic mass is 16.5. The van der Waals surface area contributed by atoms with Gasteiger partial charge in [-0.3, -0.25) is 0 Å². The van der Waals surface area contributed by atoms with E-state index in [-0.39, 0.29) is 19.1 Å². The molecule has 1 aliphatic heterocycles. The van der Waals surface area contributed by atoms with E-state index in [1.54, 1.807) is 0 Å². The maximum Gasteiger partial charge on any atom is 0.122 e. The molecule has 1 aromatic rings. The lowest BCUT2D eigenvalue weighted by atomic mass is 9.95. The second-order valence-electron chi connectivity index (χ2n) is 4.88. The number of aliphatic hydroxyl groups excluding tert-OH is 2. The van der Waals surface area contributed by atoms with Gasteiger partial charge in [-0.25, -0.2) is 0 Å². The molecule has 2 rings (SSSR count). The second-order valence-corrected chi connectivity index (χ2v) is 4.88. The third-order valence-corrected chi connectivity index (χ3v) is 3.80. The van der Waals surface area contributed by atoms with E-state index >= 15 is 0 Å². The number of nitrogens with one attached hydrogen (secondary N) is 1. The van der Waals surface area contributed by atoms with Gasteiger partial charge in [-0.15, -0.1) is 0 Å². The third kappa shape index (κ3) is 2.51. The van der Waals surface area contributed by atoms with Crippen LogP contribution in [0.3, 0.4) is 0 Å². The van der Waals surface area contributed by atoms with Gasteiger partial charge in [-0.1, -0.05) is 25.1 Å². The molecule has 0 bridgehead atoms. The Hall–Kier alpha value is -1.10. The van der Waals surface area contributed by atoms with Crippen molar-refractivity contribution in [1.82, 2.24) is 5.32 Å². The van der Waals surface area contributed by atoms with Crippen molar-refractivity contribution < 1.29 is 14.9 Å². The molecule has 4 nitrogen and oxygen atoms in total. The highest BCUT2D eigenvalue weighted by Gasteiger charge is 2.30. The van der Waals surface area contributed by atoms with Gasteiger partial charge in [0, 0.05) is 18.0 Å². The summed E-state index contributed by atoms with van der Waals surface area (Å²) in [5, 5.41) is 22.1. The summed E-state index contributed by atoms with van der Waals surface area (Å²) < 4.78 is 5.61. The van der Waals surface area contributed by atoms with Crippen LogP contribution in [0.15, 0.2) is 24.3 Å². The van der Waals surface area contributed by atoms with E-state index in [1.165, 1.54) is 5.56 Å². The number of ether oxygens (including phenoxy) is 1. The van der Waals surface area contributed by atoms with Gasteiger partial charge >= 0.3 is 0 Å². The zero-order valence-corrected chi connectivity index (χ0v) is 10.7. The maximum absolute atomic E-state index is 9.39. The molecule has 0 saturated carbocycles. The molecule has 1 aliphatic rings. The molecule has 0 fully saturated rings. The molecule has 1 unspecified atom stereocenters. The highest BCUT2D eigenvalue weighted by molar-refractivity contribution is 5.39. The summed E-state index contributed by atoms with van der Waals surface area (Å²) in [6.07, 6.45) is 0.690. The summed E-state index contributed by atoms with van der Waals surface area (Å²) in [5.74, 6) is 1.23. The Balaban J connectivity index is 2.00. The van der Waals surface area contributed by atoms with Crippen LogP contribution >= 0.6 is 0 Å². The molecule has 0 spiro atoms. The van der Waals surface area contributed by atoms with Gasteiger partial charge in [-0.2, -0.15) is 0 Å². The summed E-state index contributed by atoms with van der Waals surface area (Å²) >= 11 is 0. The monoisotopic (exact) mass is 251 g/mol. The topological polar surface area (TPSA) is 61.7 Å². The molecule has 0 radical (unpaired) electrons. The highest BCUT2D eigenvalue weighted by Crippen LogP contribution is 2.33. The van der Waals surface area contributed by atoms with Crippen LogP contribution < -0.4 is 10.1 Å². The molecule has 1 aromatic carbocycles. The number of fused-ring (bicyclic) bond motifs is 1. The van der Waals surface area contributed by atoms with Crippen molar-refractivity contribution in [2.45, 2.75) is 24.8 Å². The van der Waals surface area contributed by atoms with Crippen LogP contribution in [0.2, 0.25) is 0 Å². The normalized spacial score (nSPS) is 18.5. The van der Waals surface area contributed by atoms with Crippen LogP contribution in [0.1, 0.15) is 24.8 Å². The first kappa shape index (κ1) is 13.3. The predicted molar refractivity (Wildman–Crippen MR) is 69.9 cm³/mol. The lowest BCUT2D eigenvalue weighted by molar-refractivity contribution is 0.0858. The fourth-order valence-corrected chi connectivity index (χ4v) is 2.25. The fourth-order valence-electron chi connectivity index (χ4n) is 2.25. The van der Waals surface area contributed by atoms with Crippen molar-refractivity contribution >= 4 is 0 Å². The SMILES string of the molecule is CCC(CO)(CO)NCC1COc2ccccc21. The van der Waals surface area contributed by atoms with Crippen LogP contribution in [-0.2, 0) is 0 Å². The molecular weight excluding hydrogens is 230 g/mol. The first-order valence-corrected chi connectivity index (χ1v) is 6.43. The first-order chi connectivity index (χ1) is 8.74. The Kier molecular flexibility index (Phi) is 4.22. The molecule has 100 valence electrons. The van der Waals surface area contributed by atoms with Gasteiger partial charge in [0.2, 0.25) is 0 Å². The number of para-hydroxylation sites is 1. The Morgan fingerprint density at radius 3 is 2.72 bits per heavy atom. The quantitative estimate of drug-likeness (QED) is 0.702. The van der Waals surface area contributed by atoms with Crippen LogP contribution in [0.5, 0.6) is 5.75 Å². The standard InChI is InChI=1S/C14H21NO3/c1-2-14(9-16,10-17)15-7-11-8-18-13-6-4-3-5-12(11)13/h3-6,11,15-17H,2,7-10H2,1H3. The molecule has 18 heavy (non-hydrogen) atoms. The number of hydrogen-bond acceptors (Lipinski definition) is 4. The van der Waals surface area contributed by atoms with Gasteiger partial charge < -0.3 is 20.3 Å². The maximum atomic E-state index is 9.39. The van der Waals surface area contributed by atoms with E-state index in [0.717, 1.165) is 5.75 Å². The van der Waals surface area contributed by atoms with Crippen molar-refractivity contribution in [2.75, 3.05) is 26.4 Å². The van der Waals surface area contributed by atoms with Gasteiger partial charge in [0.1, 0.15) is 5.75 Å². The minimum absolute atomic E-state index is 0.0603. The van der Waals surface area contributed by atoms with E-state index in [2.05, 4.69) is 11.4 Å². The lowest BCUT2D eigenvalue weighted by Crippen LogP contribution is -2.52. The van der Waals surface area contributed by atoms with Crippen molar-refractivity contribution in [2.24, 2.45) is 0 Å². The summed E-state index contributed by atoms with van der Waals surface area (Å²) in [5.41, 5.74) is 0.614. The lowest BCUT2D eigenvalue weighted by Gasteiger charge is -2.31. The smallest absolute Gasteiger partial charge is 0.122 e. The summed E-state index contributed by atoms with van der Waals surface area (Å²) in [7, 11) is 0. The van der Waals surface area contributed by atoms with Crippen molar-refractivity contribution in [3.8, 4) is 5.75 Å². The van der Waals surface area contributed by atoms with Crippen LogP contribution in [0.25, 0.3) is 0 Å². The van der Waals surface area contributed by atoms with Gasteiger partial charge in [0.05, 0.1) is 25.4 Å². The van der Waals surface area contributed by atoms with Gasteiger partial charge in [0.15, 0.2) is 0 Å². The molecule has 4 heteroatoms. The van der Waals surface area contributed by atoms with Crippen molar-refractivity contribution in [3.63, 3.8) is 0 Å². The molecule has 0 aromatic heterocycles. The zero-order chi connectivity index (χ0) is 13.0. The van der Waals surface area contributed by atoms with E-state index < -0.39 is 5.54 Å². The average Bonchev–Trinajstić information content (AvgIpc) is 2.85. The number of benzene rings is 1.